The summed E-state index contributed by atoms with van der Waals surface area (Å²) in [4.78, 5) is 13.1. The van der Waals surface area contributed by atoms with Gasteiger partial charge in [-0.3, -0.25) is 4.79 Å². The fourth-order valence-corrected chi connectivity index (χ4v) is 3.17. The van der Waals surface area contributed by atoms with Crippen LogP contribution in [0.2, 0.25) is 0 Å². The van der Waals surface area contributed by atoms with Crippen LogP contribution in [0.25, 0.3) is 0 Å². The maximum atomic E-state index is 13.1. The fourth-order valence-electron chi connectivity index (χ4n) is 3.17. The Hall–Kier alpha value is -1.71. The molecule has 0 atom stereocenters. The summed E-state index contributed by atoms with van der Waals surface area (Å²) in [5, 5.41) is 0. The minimum atomic E-state index is 0.0834. The van der Waals surface area contributed by atoms with Gasteiger partial charge in [0, 0.05) is 18.1 Å². The van der Waals surface area contributed by atoms with Crippen molar-refractivity contribution in [3.63, 3.8) is 0 Å². The van der Waals surface area contributed by atoms with Crippen molar-refractivity contribution >= 4 is 5.78 Å². The number of benzene rings is 1. The van der Waals surface area contributed by atoms with Gasteiger partial charge in [0.25, 0.3) is 0 Å². The van der Waals surface area contributed by atoms with Crippen LogP contribution in [0, 0.1) is 5.92 Å². The zero-order valence-electron chi connectivity index (χ0n) is 14.5. The Morgan fingerprint density at radius 2 is 1.43 bits per heavy atom. The Bertz CT molecular complexity index is 491. The number of hydrogen-bond donors (Lipinski definition) is 0. The number of carbonyl (C=O) groups is 1. The molecule has 1 aliphatic rings. The van der Waals surface area contributed by atoms with Crippen LogP contribution in [0.1, 0.15) is 63.2 Å². The minimum absolute atomic E-state index is 0.0834. The second-order valence-corrected chi connectivity index (χ2v) is 5.79. The molecule has 0 heterocycles. The predicted molar refractivity (Wildman–Crippen MR) is 90.9 cm³/mol. The van der Waals surface area contributed by atoms with E-state index in [2.05, 4.69) is 0 Å². The molecule has 0 radical (unpaired) electrons. The van der Waals surface area contributed by atoms with Gasteiger partial charge in [0.1, 0.15) is 22.8 Å². The molecule has 0 saturated heterocycles. The van der Waals surface area contributed by atoms with E-state index in [1.165, 1.54) is 6.42 Å². The van der Waals surface area contributed by atoms with Crippen LogP contribution in [0.15, 0.2) is 12.1 Å². The summed E-state index contributed by atoms with van der Waals surface area (Å²) in [5.41, 5.74) is 0.587. The molecule has 0 amide bonds. The van der Waals surface area contributed by atoms with Gasteiger partial charge < -0.3 is 14.2 Å². The van der Waals surface area contributed by atoms with E-state index in [1.807, 2.05) is 32.9 Å². The smallest absolute Gasteiger partial charge is 0.173 e. The van der Waals surface area contributed by atoms with Gasteiger partial charge in [0.15, 0.2) is 5.78 Å². The Labute approximate surface area is 139 Å². The summed E-state index contributed by atoms with van der Waals surface area (Å²) in [5.74, 6) is 2.08. The predicted octanol–water partition coefficient (Wildman–Crippen LogP) is 4.65. The van der Waals surface area contributed by atoms with Crippen molar-refractivity contribution in [3.05, 3.63) is 17.7 Å². The summed E-state index contributed by atoms with van der Waals surface area (Å²) in [6.45, 7) is 7.35. The van der Waals surface area contributed by atoms with Crippen molar-refractivity contribution in [2.75, 3.05) is 19.8 Å². The Morgan fingerprint density at radius 3 is 1.91 bits per heavy atom. The zero-order valence-corrected chi connectivity index (χ0v) is 14.5. The molecule has 1 fully saturated rings. The van der Waals surface area contributed by atoms with E-state index in [-0.39, 0.29) is 11.7 Å². The Morgan fingerprint density at radius 1 is 0.913 bits per heavy atom. The summed E-state index contributed by atoms with van der Waals surface area (Å²) in [6, 6.07) is 3.62. The molecular formula is C19H28O4. The molecule has 2 rings (SSSR count). The van der Waals surface area contributed by atoms with Crippen molar-refractivity contribution in [3.8, 4) is 17.2 Å². The first-order valence-corrected chi connectivity index (χ1v) is 8.81. The van der Waals surface area contributed by atoms with Crippen LogP contribution < -0.4 is 14.2 Å². The lowest BCUT2D eigenvalue weighted by molar-refractivity contribution is 0.0881. The van der Waals surface area contributed by atoms with Gasteiger partial charge in [0.05, 0.1) is 19.8 Å². The molecule has 4 nitrogen and oxygen atoms in total. The molecule has 1 aromatic carbocycles. The highest BCUT2D eigenvalue weighted by molar-refractivity contribution is 6.03. The molecule has 4 heteroatoms. The van der Waals surface area contributed by atoms with E-state index in [0.29, 0.717) is 42.6 Å². The van der Waals surface area contributed by atoms with Gasteiger partial charge in [-0.05, 0) is 33.6 Å². The first kappa shape index (κ1) is 17.6. The van der Waals surface area contributed by atoms with Crippen LogP contribution in [-0.2, 0) is 0 Å². The molecule has 0 unspecified atom stereocenters. The topological polar surface area (TPSA) is 44.8 Å². The molecule has 23 heavy (non-hydrogen) atoms. The van der Waals surface area contributed by atoms with Crippen LogP contribution in [-0.4, -0.2) is 25.6 Å². The van der Waals surface area contributed by atoms with Gasteiger partial charge in [0.2, 0.25) is 0 Å². The molecule has 0 N–H and O–H groups in total. The third kappa shape index (κ3) is 4.40. The van der Waals surface area contributed by atoms with Crippen molar-refractivity contribution in [1.82, 2.24) is 0 Å². The maximum absolute atomic E-state index is 13.1. The van der Waals surface area contributed by atoms with E-state index >= 15 is 0 Å². The van der Waals surface area contributed by atoms with E-state index < -0.39 is 0 Å². The number of hydrogen-bond acceptors (Lipinski definition) is 4. The van der Waals surface area contributed by atoms with Gasteiger partial charge >= 0.3 is 0 Å². The third-order valence-corrected chi connectivity index (χ3v) is 4.17. The molecule has 128 valence electrons. The van der Waals surface area contributed by atoms with Crippen LogP contribution in [0.4, 0.5) is 0 Å². The first-order chi connectivity index (χ1) is 11.2. The monoisotopic (exact) mass is 320 g/mol. The summed E-state index contributed by atoms with van der Waals surface area (Å²) in [6.07, 6.45) is 5.40. The average Bonchev–Trinajstić information content (AvgIpc) is 2.56. The number of carbonyl (C=O) groups excluding carboxylic acids is 1. The highest BCUT2D eigenvalue weighted by Crippen LogP contribution is 2.38. The highest BCUT2D eigenvalue weighted by Gasteiger charge is 2.28. The lowest BCUT2D eigenvalue weighted by atomic mass is 9.83. The van der Waals surface area contributed by atoms with Crippen LogP contribution in [0.5, 0.6) is 17.2 Å². The van der Waals surface area contributed by atoms with Gasteiger partial charge in [-0.2, -0.15) is 0 Å². The summed E-state index contributed by atoms with van der Waals surface area (Å²) in [7, 11) is 0. The molecule has 1 aliphatic carbocycles. The normalized spacial score (nSPS) is 15.3. The van der Waals surface area contributed by atoms with Crippen molar-refractivity contribution in [2.45, 2.75) is 52.9 Å². The zero-order chi connectivity index (χ0) is 16.7. The average molecular weight is 320 g/mol. The highest BCUT2D eigenvalue weighted by atomic mass is 16.5. The van der Waals surface area contributed by atoms with Gasteiger partial charge in [-0.15, -0.1) is 0 Å². The first-order valence-electron chi connectivity index (χ1n) is 8.81. The van der Waals surface area contributed by atoms with Crippen molar-refractivity contribution < 1.29 is 19.0 Å². The van der Waals surface area contributed by atoms with Gasteiger partial charge in [-0.25, -0.2) is 0 Å². The third-order valence-electron chi connectivity index (χ3n) is 4.17. The summed E-state index contributed by atoms with van der Waals surface area (Å²) < 4.78 is 17.1. The van der Waals surface area contributed by atoms with Crippen LogP contribution >= 0.6 is 0 Å². The second-order valence-electron chi connectivity index (χ2n) is 5.79. The molecule has 1 aromatic rings. The SMILES string of the molecule is CCOc1cc(OCC)c(C(=O)C2CCCCC2)c(OCC)c1. The number of ether oxygens (including phenoxy) is 3. The molecular weight excluding hydrogens is 292 g/mol. The lowest BCUT2D eigenvalue weighted by Gasteiger charge is -2.23. The van der Waals surface area contributed by atoms with E-state index in [1.54, 1.807) is 0 Å². The molecule has 0 spiro atoms. The number of ketones is 1. The minimum Gasteiger partial charge on any atom is -0.494 e. The molecule has 0 aliphatic heterocycles. The molecule has 0 aromatic heterocycles. The quantitative estimate of drug-likeness (QED) is 0.654. The van der Waals surface area contributed by atoms with Crippen molar-refractivity contribution in [1.29, 1.82) is 0 Å². The Balaban J connectivity index is 2.41. The van der Waals surface area contributed by atoms with E-state index in [0.717, 1.165) is 25.7 Å². The Kier molecular flexibility index (Phi) is 6.75. The lowest BCUT2D eigenvalue weighted by Crippen LogP contribution is -2.20. The van der Waals surface area contributed by atoms with Crippen molar-refractivity contribution in [2.24, 2.45) is 5.92 Å². The number of Topliss-reactive ketones (excluding diaryl/α,β-unsaturated/α-hetero) is 1. The van der Waals surface area contributed by atoms with Crippen LogP contribution in [0.3, 0.4) is 0 Å². The van der Waals surface area contributed by atoms with E-state index in [9.17, 15) is 4.79 Å². The fraction of sp³-hybridized carbons (Fsp3) is 0.632. The molecule has 1 saturated carbocycles. The largest absolute Gasteiger partial charge is 0.494 e. The standard InChI is InChI=1S/C19H28O4/c1-4-21-15-12-16(22-5-2)18(17(13-15)23-6-3)19(20)14-10-8-7-9-11-14/h12-14H,4-11H2,1-3H3. The number of rotatable bonds is 8. The molecule has 0 bridgehead atoms. The summed E-state index contributed by atoms with van der Waals surface area (Å²) >= 11 is 0. The second kappa shape index (κ2) is 8.80. The van der Waals surface area contributed by atoms with Gasteiger partial charge in [-0.1, -0.05) is 19.3 Å². The van der Waals surface area contributed by atoms with E-state index in [4.69, 9.17) is 14.2 Å². The maximum Gasteiger partial charge on any atom is 0.173 e.